The monoisotopic (exact) mass is 213 g/mol. The van der Waals surface area contributed by atoms with E-state index in [0.717, 1.165) is 29.5 Å². The average molecular weight is 213 g/mol. The van der Waals surface area contributed by atoms with E-state index in [4.69, 9.17) is 5.26 Å². The Kier molecular flexibility index (Phi) is 2.10. The summed E-state index contributed by atoms with van der Waals surface area (Å²) in [6.45, 7) is 3.08. The van der Waals surface area contributed by atoms with E-state index in [1.165, 1.54) is 19.3 Å². The van der Waals surface area contributed by atoms with Crippen molar-refractivity contribution in [2.75, 3.05) is 11.4 Å². The fourth-order valence-corrected chi connectivity index (χ4v) is 3.03. The van der Waals surface area contributed by atoms with Gasteiger partial charge in [0.05, 0.1) is 5.56 Å². The lowest BCUT2D eigenvalue weighted by Crippen LogP contribution is -2.33. The van der Waals surface area contributed by atoms with Crippen LogP contribution in [0.4, 0.5) is 5.82 Å². The first-order valence-electron chi connectivity index (χ1n) is 5.92. The zero-order valence-electron chi connectivity index (χ0n) is 9.48. The van der Waals surface area contributed by atoms with Gasteiger partial charge in [-0.2, -0.15) is 5.26 Å². The van der Waals surface area contributed by atoms with E-state index < -0.39 is 0 Å². The van der Waals surface area contributed by atoms with Gasteiger partial charge in [0.15, 0.2) is 0 Å². The number of aryl methyl sites for hydroxylation is 1. The van der Waals surface area contributed by atoms with Gasteiger partial charge in [-0.1, -0.05) is 0 Å². The van der Waals surface area contributed by atoms with Crippen LogP contribution >= 0.6 is 0 Å². The van der Waals surface area contributed by atoms with Crippen molar-refractivity contribution in [2.45, 2.75) is 32.2 Å². The summed E-state index contributed by atoms with van der Waals surface area (Å²) in [5.41, 5.74) is 1.72. The third kappa shape index (κ3) is 1.37. The molecule has 2 unspecified atom stereocenters. The molecular formula is C13H15N3. The van der Waals surface area contributed by atoms with Crippen LogP contribution in [0.1, 0.15) is 30.5 Å². The van der Waals surface area contributed by atoms with Gasteiger partial charge < -0.3 is 4.90 Å². The Balaban J connectivity index is 2.00. The first kappa shape index (κ1) is 9.65. The fraction of sp³-hybridized carbons (Fsp3) is 0.538. The van der Waals surface area contributed by atoms with Crippen molar-refractivity contribution in [3.63, 3.8) is 0 Å². The van der Waals surface area contributed by atoms with Crippen LogP contribution in [0.15, 0.2) is 12.1 Å². The van der Waals surface area contributed by atoms with E-state index >= 15 is 0 Å². The van der Waals surface area contributed by atoms with E-state index in [-0.39, 0.29) is 0 Å². The Hall–Kier alpha value is -1.56. The maximum atomic E-state index is 9.12. The van der Waals surface area contributed by atoms with Crippen LogP contribution in [0.25, 0.3) is 0 Å². The lowest BCUT2D eigenvalue weighted by atomic mass is 10.1. The summed E-state index contributed by atoms with van der Waals surface area (Å²) in [6, 6.07) is 6.69. The first-order valence-corrected chi connectivity index (χ1v) is 5.92. The Labute approximate surface area is 95.7 Å². The number of aromatic nitrogens is 1. The van der Waals surface area contributed by atoms with Crippen molar-refractivity contribution in [1.82, 2.24) is 4.98 Å². The largest absolute Gasteiger partial charge is 0.352 e. The van der Waals surface area contributed by atoms with Crippen molar-refractivity contribution < 1.29 is 0 Å². The van der Waals surface area contributed by atoms with Crippen LogP contribution in [-0.2, 0) is 0 Å². The molecule has 2 aliphatic rings. The summed E-state index contributed by atoms with van der Waals surface area (Å²) in [5, 5.41) is 9.12. The van der Waals surface area contributed by atoms with Crippen molar-refractivity contribution in [3.8, 4) is 6.07 Å². The molecular weight excluding hydrogens is 198 g/mol. The molecule has 2 fully saturated rings. The van der Waals surface area contributed by atoms with Gasteiger partial charge in [-0.15, -0.1) is 0 Å². The van der Waals surface area contributed by atoms with E-state index in [0.29, 0.717) is 6.04 Å². The minimum Gasteiger partial charge on any atom is -0.352 e. The molecule has 2 heterocycles. The maximum absolute atomic E-state index is 9.12. The minimum atomic E-state index is 0.631. The number of pyridine rings is 1. The third-order valence-corrected chi connectivity index (χ3v) is 3.82. The first-order chi connectivity index (χ1) is 7.78. The molecule has 3 heteroatoms. The highest BCUT2D eigenvalue weighted by Gasteiger charge is 2.39. The van der Waals surface area contributed by atoms with Gasteiger partial charge >= 0.3 is 0 Å². The molecule has 0 radical (unpaired) electrons. The molecule has 82 valence electrons. The van der Waals surface area contributed by atoms with Gasteiger partial charge in [-0.05, 0) is 44.2 Å². The molecule has 2 atom stereocenters. The minimum absolute atomic E-state index is 0.631. The highest BCUT2D eigenvalue weighted by Crippen LogP contribution is 2.40. The lowest BCUT2D eigenvalue weighted by Gasteiger charge is -2.28. The summed E-state index contributed by atoms with van der Waals surface area (Å²) in [5.74, 6) is 1.74. The molecule has 0 aromatic carbocycles. The Morgan fingerprint density at radius 3 is 2.94 bits per heavy atom. The number of piperidine rings is 1. The molecule has 3 rings (SSSR count). The van der Waals surface area contributed by atoms with Gasteiger partial charge in [0.25, 0.3) is 0 Å². The quantitative estimate of drug-likeness (QED) is 0.718. The normalized spacial score (nSPS) is 27.1. The number of nitriles is 1. The average Bonchev–Trinajstić information content (AvgIpc) is 2.90. The standard InChI is InChI=1S/C13H15N3/c1-9-2-4-11(7-14)13(15-9)16-8-10-3-5-12(16)6-10/h2,4,10,12H,3,5-6,8H2,1H3. The molecule has 1 saturated carbocycles. The second kappa shape index (κ2) is 3.48. The molecule has 1 aromatic rings. The molecule has 1 saturated heterocycles. The molecule has 0 amide bonds. The van der Waals surface area contributed by atoms with Crippen LogP contribution in [0.3, 0.4) is 0 Å². The van der Waals surface area contributed by atoms with Crippen molar-refractivity contribution in [3.05, 3.63) is 23.4 Å². The molecule has 1 aliphatic heterocycles. The SMILES string of the molecule is Cc1ccc(C#N)c(N2CC3CCC2C3)n1. The summed E-state index contributed by atoms with van der Waals surface area (Å²) in [7, 11) is 0. The molecule has 2 bridgehead atoms. The second-order valence-corrected chi connectivity index (χ2v) is 4.92. The van der Waals surface area contributed by atoms with Crippen molar-refractivity contribution in [1.29, 1.82) is 5.26 Å². The maximum Gasteiger partial charge on any atom is 0.147 e. The van der Waals surface area contributed by atoms with Crippen LogP contribution in [0.2, 0.25) is 0 Å². The number of anilines is 1. The van der Waals surface area contributed by atoms with Crippen LogP contribution in [0.5, 0.6) is 0 Å². The predicted molar refractivity (Wildman–Crippen MR) is 62.2 cm³/mol. The molecule has 0 spiro atoms. The van der Waals surface area contributed by atoms with Crippen LogP contribution < -0.4 is 4.90 Å². The number of hydrogen-bond acceptors (Lipinski definition) is 3. The van der Waals surface area contributed by atoms with Gasteiger partial charge in [-0.25, -0.2) is 4.98 Å². The van der Waals surface area contributed by atoms with Gasteiger partial charge in [0.1, 0.15) is 11.9 Å². The Bertz CT molecular complexity index is 461. The van der Waals surface area contributed by atoms with Crippen molar-refractivity contribution in [2.24, 2.45) is 5.92 Å². The van der Waals surface area contributed by atoms with E-state index in [9.17, 15) is 0 Å². The molecule has 0 N–H and O–H groups in total. The molecule has 16 heavy (non-hydrogen) atoms. The zero-order chi connectivity index (χ0) is 11.1. The topological polar surface area (TPSA) is 39.9 Å². The predicted octanol–water partition coefficient (Wildman–Crippen LogP) is 2.25. The lowest BCUT2D eigenvalue weighted by molar-refractivity contribution is 0.550. The summed E-state index contributed by atoms with van der Waals surface area (Å²) < 4.78 is 0. The third-order valence-electron chi connectivity index (χ3n) is 3.82. The fourth-order valence-electron chi connectivity index (χ4n) is 3.03. The van der Waals surface area contributed by atoms with Gasteiger partial charge in [0.2, 0.25) is 0 Å². The smallest absolute Gasteiger partial charge is 0.147 e. The summed E-state index contributed by atoms with van der Waals surface area (Å²) in [4.78, 5) is 6.90. The van der Waals surface area contributed by atoms with Crippen LogP contribution in [0, 0.1) is 24.2 Å². The van der Waals surface area contributed by atoms with E-state index in [1.54, 1.807) is 0 Å². The number of hydrogen-bond donors (Lipinski definition) is 0. The molecule has 1 aromatic heterocycles. The zero-order valence-corrected chi connectivity index (χ0v) is 9.48. The Morgan fingerprint density at radius 2 is 2.31 bits per heavy atom. The number of fused-ring (bicyclic) bond motifs is 2. The van der Waals surface area contributed by atoms with E-state index in [1.807, 2.05) is 19.1 Å². The molecule has 1 aliphatic carbocycles. The van der Waals surface area contributed by atoms with Gasteiger partial charge in [0, 0.05) is 18.3 Å². The highest BCUT2D eigenvalue weighted by atomic mass is 15.2. The molecule has 3 nitrogen and oxygen atoms in total. The second-order valence-electron chi connectivity index (χ2n) is 4.92. The summed E-state index contributed by atoms with van der Waals surface area (Å²) >= 11 is 0. The van der Waals surface area contributed by atoms with Crippen LogP contribution in [-0.4, -0.2) is 17.6 Å². The Morgan fingerprint density at radius 1 is 1.44 bits per heavy atom. The van der Waals surface area contributed by atoms with Gasteiger partial charge in [-0.3, -0.25) is 0 Å². The summed E-state index contributed by atoms with van der Waals surface area (Å²) in [6.07, 6.45) is 3.92. The van der Waals surface area contributed by atoms with E-state index in [2.05, 4.69) is 16.0 Å². The highest BCUT2D eigenvalue weighted by molar-refractivity contribution is 5.56. The number of rotatable bonds is 1. The number of nitrogens with zero attached hydrogens (tertiary/aromatic N) is 3. The van der Waals surface area contributed by atoms with Crippen molar-refractivity contribution >= 4 is 5.82 Å².